The lowest BCUT2D eigenvalue weighted by Gasteiger charge is -2.40. The van der Waals surface area contributed by atoms with Crippen LogP contribution in [0, 0.1) is 6.92 Å². The third-order valence-electron chi connectivity index (χ3n) is 5.44. The van der Waals surface area contributed by atoms with E-state index in [2.05, 4.69) is 25.6 Å². The highest BCUT2D eigenvalue weighted by molar-refractivity contribution is 7.11. The van der Waals surface area contributed by atoms with E-state index in [0.29, 0.717) is 10.7 Å². The summed E-state index contributed by atoms with van der Waals surface area (Å²) in [4.78, 5) is 37.4. The minimum Gasteiger partial charge on any atom is -0.345 e. The van der Waals surface area contributed by atoms with Crippen molar-refractivity contribution in [3.63, 3.8) is 0 Å². The van der Waals surface area contributed by atoms with E-state index in [1.54, 1.807) is 6.20 Å². The van der Waals surface area contributed by atoms with Gasteiger partial charge >= 0.3 is 0 Å². The van der Waals surface area contributed by atoms with E-state index in [1.807, 2.05) is 12.3 Å². The standard InChI is InChI=1S/C18H21N5O2S/c1-12-10-26-16(21-12)15(25)23-18-4-2-3-17(11-18,5-6-18)22-14(24)13-9-19-7-8-20-13/h7-10H,2-6,11H2,1H3,(H,22,24)(H,23,25). The Balaban J connectivity index is 1.47. The van der Waals surface area contributed by atoms with Gasteiger partial charge in [0, 0.05) is 34.5 Å². The zero-order chi connectivity index (χ0) is 18.2. The van der Waals surface area contributed by atoms with Crippen LogP contribution < -0.4 is 10.6 Å². The Kier molecular flexibility index (Phi) is 4.22. The number of fused-ring (bicyclic) bond motifs is 2. The first kappa shape index (κ1) is 17.1. The molecule has 0 aliphatic heterocycles. The zero-order valence-corrected chi connectivity index (χ0v) is 15.4. The topological polar surface area (TPSA) is 96.9 Å². The van der Waals surface area contributed by atoms with Crippen LogP contribution in [0.4, 0.5) is 0 Å². The van der Waals surface area contributed by atoms with Crippen LogP contribution in [0.2, 0.25) is 0 Å². The van der Waals surface area contributed by atoms with Crippen molar-refractivity contribution in [1.29, 1.82) is 0 Å². The molecule has 0 saturated heterocycles. The second kappa shape index (κ2) is 6.42. The van der Waals surface area contributed by atoms with Gasteiger partial charge in [0.25, 0.3) is 11.8 Å². The van der Waals surface area contributed by atoms with E-state index >= 15 is 0 Å². The van der Waals surface area contributed by atoms with Crippen LogP contribution >= 0.6 is 11.3 Å². The highest BCUT2D eigenvalue weighted by Crippen LogP contribution is 2.48. The lowest BCUT2D eigenvalue weighted by Crippen LogP contribution is -2.55. The third-order valence-corrected chi connectivity index (χ3v) is 6.39. The monoisotopic (exact) mass is 371 g/mol. The van der Waals surface area contributed by atoms with Gasteiger partial charge in [0.1, 0.15) is 5.69 Å². The number of nitrogens with zero attached hydrogens (tertiary/aromatic N) is 3. The lowest BCUT2D eigenvalue weighted by molar-refractivity contribution is 0.0829. The maximum atomic E-state index is 12.6. The second-order valence-electron chi connectivity index (χ2n) is 7.38. The molecule has 2 aliphatic rings. The van der Waals surface area contributed by atoms with Crippen molar-refractivity contribution in [3.05, 3.63) is 40.4 Å². The van der Waals surface area contributed by atoms with Gasteiger partial charge in [-0.15, -0.1) is 11.3 Å². The van der Waals surface area contributed by atoms with Crippen molar-refractivity contribution < 1.29 is 9.59 Å². The van der Waals surface area contributed by atoms with Crippen LogP contribution in [0.15, 0.2) is 24.0 Å². The summed E-state index contributed by atoms with van der Waals surface area (Å²) < 4.78 is 0. The number of rotatable bonds is 4. The fourth-order valence-electron chi connectivity index (χ4n) is 4.31. The normalized spacial score (nSPS) is 27.1. The van der Waals surface area contributed by atoms with Gasteiger partial charge in [0.2, 0.25) is 0 Å². The van der Waals surface area contributed by atoms with Gasteiger partial charge in [-0.25, -0.2) is 9.97 Å². The zero-order valence-electron chi connectivity index (χ0n) is 14.6. The second-order valence-corrected chi connectivity index (χ2v) is 8.24. The molecular formula is C18H21N5O2S. The van der Waals surface area contributed by atoms with Crippen LogP contribution in [-0.2, 0) is 0 Å². The van der Waals surface area contributed by atoms with Crippen molar-refractivity contribution in [2.45, 2.75) is 56.5 Å². The number of hydrogen-bond donors (Lipinski definition) is 2. The molecule has 2 bridgehead atoms. The number of hydrogen-bond acceptors (Lipinski definition) is 6. The van der Waals surface area contributed by atoms with Crippen molar-refractivity contribution in [2.24, 2.45) is 0 Å². The van der Waals surface area contributed by atoms with Crippen LogP contribution in [0.1, 0.15) is 64.5 Å². The van der Waals surface area contributed by atoms with Gasteiger partial charge in [-0.05, 0) is 45.4 Å². The summed E-state index contributed by atoms with van der Waals surface area (Å²) in [7, 11) is 0. The summed E-state index contributed by atoms with van der Waals surface area (Å²) in [5.74, 6) is -0.307. The van der Waals surface area contributed by atoms with Crippen molar-refractivity contribution in [3.8, 4) is 0 Å². The maximum Gasteiger partial charge on any atom is 0.280 e. The largest absolute Gasteiger partial charge is 0.345 e. The van der Waals surface area contributed by atoms with Gasteiger partial charge in [-0.3, -0.25) is 14.6 Å². The molecule has 7 nitrogen and oxygen atoms in total. The van der Waals surface area contributed by atoms with E-state index in [0.717, 1.165) is 44.2 Å². The molecule has 0 spiro atoms. The number of carbonyl (C=O) groups excluding carboxylic acids is 2. The van der Waals surface area contributed by atoms with Gasteiger partial charge in [0.15, 0.2) is 5.01 Å². The van der Waals surface area contributed by atoms with Crippen molar-refractivity contribution >= 4 is 23.2 Å². The molecule has 0 aromatic carbocycles. The quantitative estimate of drug-likeness (QED) is 0.859. The first-order valence-corrected chi connectivity index (χ1v) is 9.71. The van der Waals surface area contributed by atoms with E-state index in [1.165, 1.54) is 23.7 Å². The highest BCUT2D eigenvalue weighted by atomic mass is 32.1. The van der Waals surface area contributed by atoms with E-state index in [9.17, 15) is 9.59 Å². The molecule has 2 aromatic heterocycles. The van der Waals surface area contributed by atoms with Crippen LogP contribution in [-0.4, -0.2) is 37.8 Å². The minimum absolute atomic E-state index is 0.110. The van der Waals surface area contributed by atoms with Gasteiger partial charge < -0.3 is 10.6 Å². The Morgan fingerprint density at radius 1 is 1.08 bits per heavy atom. The molecule has 2 heterocycles. The van der Waals surface area contributed by atoms with E-state index in [-0.39, 0.29) is 22.9 Å². The Bertz CT molecular complexity index is 839. The number of thiazole rings is 1. The molecule has 0 radical (unpaired) electrons. The molecule has 2 N–H and O–H groups in total. The molecule has 2 aromatic rings. The summed E-state index contributed by atoms with van der Waals surface area (Å²) in [6.45, 7) is 1.88. The first-order chi connectivity index (χ1) is 12.5. The van der Waals surface area contributed by atoms with Crippen LogP contribution in [0.3, 0.4) is 0 Å². The van der Waals surface area contributed by atoms with Crippen LogP contribution in [0.25, 0.3) is 0 Å². The predicted molar refractivity (Wildman–Crippen MR) is 97.0 cm³/mol. The molecule has 2 fully saturated rings. The molecule has 4 rings (SSSR count). The molecule has 2 atom stereocenters. The molecule has 2 aliphatic carbocycles. The molecule has 2 amide bonds. The van der Waals surface area contributed by atoms with E-state index in [4.69, 9.17) is 0 Å². The summed E-state index contributed by atoms with van der Waals surface area (Å²) >= 11 is 1.37. The summed E-state index contributed by atoms with van der Waals surface area (Å²) in [5, 5.41) is 8.78. The number of carbonyl (C=O) groups is 2. The average Bonchev–Trinajstić information content (AvgIpc) is 3.17. The van der Waals surface area contributed by atoms with Crippen molar-refractivity contribution in [2.75, 3.05) is 0 Å². The number of amides is 2. The smallest absolute Gasteiger partial charge is 0.280 e. The molecule has 8 heteroatoms. The fraction of sp³-hybridized carbons (Fsp3) is 0.500. The molecule has 2 unspecified atom stereocenters. The fourth-order valence-corrected chi connectivity index (χ4v) is 5.00. The molecule has 26 heavy (non-hydrogen) atoms. The predicted octanol–water partition coefficient (Wildman–Crippen LogP) is 2.25. The first-order valence-electron chi connectivity index (χ1n) is 8.83. The minimum atomic E-state index is -0.279. The summed E-state index contributed by atoms with van der Waals surface area (Å²) in [6, 6.07) is 0. The number of aromatic nitrogens is 3. The Labute approximate surface area is 155 Å². The average molecular weight is 371 g/mol. The van der Waals surface area contributed by atoms with Crippen LogP contribution in [0.5, 0.6) is 0 Å². The van der Waals surface area contributed by atoms with Crippen molar-refractivity contribution in [1.82, 2.24) is 25.6 Å². The van der Waals surface area contributed by atoms with Gasteiger partial charge in [0.05, 0.1) is 6.20 Å². The highest BCUT2D eigenvalue weighted by Gasteiger charge is 2.52. The van der Waals surface area contributed by atoms with Gasteiger partial charge in [-0.2, -0.15) is 0 Å². The lowest BCUT2D eigenvalue weighted by atomic mass is 9.78. The summed E-state index contributed by atoms with van der Waals surface area (Å²) in [6.07, 6.45) is 9.84. The molecular weight excluding hydrogens is 350 g/mol. The number of aryl methyl sites for hydroxylation is 1. The third kappa shape index (κ3) is 3.21. The molecule has 2 saturated carbocycles. The summed E-state index contributed by atoms with van der Waals surface area (Å²) in [5.41, 5.74) is 0.647. The Hall–Kier alpha value is -2.35. The number of nitrogens with one attached hydrogen (secondary N) is 2. The molecule has 136 valence electrons. The Morgan fingerprint density at radius 3 is 2.42 bits per heavy atom. The SMILES string of the molecule is Cc1csc(C(=O)NC23CCCC(NC(=O)c4cnccn4)(CC2)C3)n1. The van der Waals surface area contributed by atoms with Gasteiger partial charge in [-0.1, -0.05) is 0 Å². The van der Waals surface area contributed by atoms with E-state index < -0.39 is 0 Å². The Morgan fingerprint density at radius 2 is 1.81 bits per heavy atom. The maximum absolute atomic E-state index is 12.6.